The summed E-state index contributed by atoms with van der Waals surface area (Å²) in [4.78, 5) is 4.61. The van der Waals surface area contributed by atoms with Crippen molar-refractivity contribution < 1.29 is 27.4 Å². The molecule has 0 radical (unpaired) electrons. The van der Waals surface area contributed by atoms with Crippen LogP contribution in [0.5, 0.6) is 0 Å². The molecule has 0 bridgehead atoms. The molecule has 0 aliphatic rings. The topological polar surface area (TPSA) is 92.4 Å². The molecule has 0 aliphatic heterocycles. The van der Waals surface area contributed by atoms with Gasteiger partial charge in [-0.3, -0.25) is 4.57 Å². The first kappa shape index (κ1) is 30.1. The fourth-order valence-electron chi connectivity index (χ4n) is 4.57. The zero-order valence-corrected chi connectivity index (χ0v) is 24.5. The Morgan fingerprint density at radius 3 is 2.20 bits per heavy atom. The van der Waals surface area contributed by atoms with Gasteiger partial charge in [0.25, 0.3) is 0 Å². The van der Waals surface area contributed by atoms with Crippen LogP contribution in [0.2, 0.25) is 10.0 Å². The monoisotopic (exact) mass is 608 g/mol. The molecule has 1 unspecified atom stereocenters. The summed E-state index contributed by atoms with van der Waals surface area (Å²) in [5, 5.41) is 21.0. The molecule has 1 atom stereocenters. The molecular weight excluding hydrogens is 581 g/mol. The van der Waals surface area contributed by atoms with Gasteiger partial charge in [-0.2, -0.15) is 0 Å². The highest BCUT2D eigenvalue weighted by atomic mass is 35.5. The van der Waals surface area contributed by atoms with Gasteiger partial charge >= 0.3 is 0 Å². The van der Waals surface area contributed by atoms with Gasteiger partial charge in [0.1, 0.15) is 23.1 Å². The van der Waals surface area contributed by atoms with Crippen molar-refractivity contribution in [3.63, 3.8) is 0 Å². The number of nitrogens with zero attached hydrogens (tertiary/aromatic N) is 2. The van der Waals surface area contributed by atoms with E-state index >= 15 is 4.39 Å². The van der Waals surface area contributed by atoms with Gasteiger partial charge in [0, 0.05) is 34.0 Å². The maximum Gasteiger partial charge on any atom is 0.151 e. The number of rotatable bonds is 8. The van der Waals surface area contributed by atoms with Gasteiger partial charge in [0.15, 0.2) is 9.84 Å². The number of halogens is 4. The van der Waals surface area contributed by atoms with E-state index in [1.54, 1.807) is 38.1 Å². The minimum atomic E-state index is -3.53. The molecule has 2 N–H and O–H groups in total. The van der Waals surface area contributed by atoms with Crippen LogP contribution >= 0.6 is 23.2 Å². The summed E-state index contributed by atoms with van der Waals surface area (Å²) in [7, 11) is -3.53. The number of aliphatic hydroxyl groups is 2. The van der Waals surface area contributed by atoms with Crippen molar-refractivity contribution in [2.75, 3.05) is 6.26 Å². The number of aliphatic hydroxyl groups excluding tert-OH is 1. The van der Waals surface area contributed by atoms with Crippen molar-refractivity contribution in [3.8, 4) is 16.8 Å². The molecule has 4 rings (SSSR count). The number of hydrogen-bond acceptors (Lipinski definition) is 5. The van der Waals surface area contributed by atoms with E-state index in [0.29, 0.717) is 32.7 Å². The Hall–Kier alpha value is -2.82. The second-order valence-corrected chi connectivity index (χ2v) is 13.2. The maximum absolute atomic E-state index is 15.8. The zero-order chi connectivity index (χ0) is 29.6. The van der Waals surface area contributed by atoms with Crippen LogP contribution in [0.4, 0.5) is 8.78 Å². The molecule has 0 aliphatic carbocycles. The van der Waals surface area contributed by atoms with Crippen LogP contribution in [0.25, 0.3) is 16.8 Å². The van der Waals surface area contributed by atoms with E-state index in [2.05, 4.69) is 4.98 Å². The number of imidazole rings is 1. The molecule has 11 heteroatoms. The van der Waals surface area contributed by atoms with Gasteiger partial charge in [-0.1, -0.05) is 42.3 Å². The van der Waals surface area contributed by atoms with Crippen LogP contribution in [-0.4, -0.2) is 34.4 Å². The zero-order valence-electron chi connectivity index (χ0n) is 22.2. The largest absolute Gasteiger partial charge is 0.392 e. The van der Waals surface area contributed by atoms with Crippen LogP contribution in [0.1, 0.15) is 54.9 Å². The van der Waals surface area contributed by atoms with Crippen LogP contribution in [-0.2, 0) is 27.8 Å². The first-order valence-corrected chi connectivity index (χ1v) is 15.1. The highest BCUT2D eigenvalue weighted by Crippen LogP contribution is 2.38. The van der Waals surface area contributed by atoms with Gasteiger partial charge in [-0.15, -0.1) is 0 Å². The Morgan fingerprint density at radius 2 is 1.65 bits per heavy atom. The second-order valence-electron chi connectivity index (χ2n) is 10.3. The molecule has 1 heterocycles. The van der Waals surface area contributed by atoms with E-state index in [9.17, 15) is 23.0 Å². The average molecular weight is 610 g/mol. The molecule has 3 aromatic carbocycles. The van der Waals surface area contributed by atoms with E-state index in [1.165, 1.54) is 29.0 Å². The molecule has 0 saturated heterocycles. The van der Waals surface area contributed by atoms with Gasteiger partial charge in [-0.05, 0) is 72.5 Å². The number of sulfone groups is 1. The second kappa shape index (κ2) is 11.2. The Balaban J connectivity index is 1.85. The molecule has 0 spiro atoms. The smallest absolute Gasteiger partial charge is 0.151 e. The Morgan fingerprint density at radius 1 is 1.02 bits per heavy atom. The lowest BCUT2D eigenvalue weighted by molar-refractivity contribution is 0.0741. The number of hydrogen-bond donors (Lipinski definition) is 2. The molecular formula is C29H28Cl2F2N2O4S. The Kier molecular flexibility index (Phi) is 8.45. The van der Waals surface area contributed by atoms with E-state index in [-0.39, 0.29) is 22.4 Å². The fourth-order valence-corrected chi connectivity index (χ4v) is 6.12. The lowest BCUT2D eigenvalue weighted by atomic mass is 9.98. The van der Waals surface area contributed by atoms with Crippen molar-refractivity contribution in [2.24, 2.45) is 0 Å². The highest BCUT2D eigenvalue weighted by Gasteiger charge is 2.28. The lowest BCUT2D eigenvalue weighted by Crippen LogP contribution is -2.16. The van der Waals surface area contributed by atoms with Crippen molar-refractivity contribution in [2.45, 2.75) is 44.6 Å². The van der Waals surface area contributed by atoms with Gasteiger partial charge < -0.3 is 10.2 Å². The molecule has 6 nitrogen and oxygen atoms in total. The third-order valence-corrected chi connectivity index (χ3v) is 8.08. The summed E-state index contributed by atoms with van der Waals surface area (Å²) in [6, 6.07) is 11.9. The SMILES string of the molecule is CC(c1c(Cl)cccc1Cl)c1nc(C(C)(C)O)cn1-c1ccc(-c2cc(F)c(CO)c(CS(C)(=O)=O)c2)cc1F. The quantitative estimate of drug-likeness (QED) is 0.237. The van der Waals surface area contributed by atoms with Crippen LogP contribution in [0.3, 0.4) is 0 Å². The molecule has 1 aromatic heterocycles. The first-order chi connectivity index (χ1) is 18.6. The van der Waals surface area contributed by atoms with Crippen LogP contribution in [0.15, 0.2) is 54.7 Å². The normalized spacial score (nSPS) is 13.1. The van der Waals surface area contributed by atoms with Crippen LogP contribution < -0.4 is 0 Å². The summed E-state index contributed by atoms with van der Waals surface area (Å²) >= 11 is 12.9. The van der Waals surface area contributed by atoms with Crippen molar-refractivity contribution in [3.05, 3.63) is 105 Å². The molecule has 40 heavy (non-hydrogen) atoms. The van der Waals surface area contributed by atoms with Crippen LogP contribution in [0, 0.1) is 11.6 Å². The third-order valence-electron chi connectivity index (χ3n) is 6.58. The van der Waals surface area contributed by atoms with E-state index in [1.807, 2.05) is 6.92 Å². The van der Waals surface area contributed by atoms with Gasteiger partial charge in [0.05, 0.1) is 23.7 Å². The summed E-state index contributed by atoms with van der Waals surface area (Å²) in [6.45, 7) is 4.27. The summed E-state index contributed by atoms with van der Waals surface area (Å²) in [5.41, 5.74) is 0.192. The predicted octanol–water partition coefficient (Wildman–Crippen LogP) is 6.54. The summed E-state index contributed by atoms with van der Waals surface area (Å²) < 4.78 is 55.8. The first-order valence-electron chi connectivity index (χ1n) is 12.3. The molecule has 4 aromatic rings. The lowest BCUT2D eigenvalue weighted by Gasteiger charge is -2.18. The number of aromatic nitrogens is 2. The summed E-state index contributed by atoms with van der Waals surface area (Å²) in [6.07, 6.45) is 2.54. The maximum atomic E-state index is 15.8. The molecule has 212 valence electrons. The van der Waals surface area contributed by atoms with Crippen molar-refractivity contribution in [1.82, 2.24) is 9.55 Å². The average Bonchev–Trinajstić information content (AvgIpc) is 3.28. The number of benzene rings is 3. The Bertz CT molecular complexity index is 1680. The minimum absolute atomic E-state index is 0.0987. The van der Waals surface area contributed by atoms with E-state index in [0.717, 1.165) is 12.3 Å². The van der Waals surface area contributed by atoms with E-state index in [4.69, 9.17) is 23.2 Å². The molecule has 0 fully saturated rings. The highest BCUT2D eigenvalue weighted by molar-refractivity contribution is 7.89. The molecule has 0 saturated carbocycles. The van der Waals surface area contributed by atoms with Gasteiger partial charge in [-0.25, -0.2) is 22.2 Å². The Labute approximate surface area is 241 Å². The summed E-state index contributed by atoms with van der Waals surface area (Å²) in [5.74, 6) is -2.05. The van der Waals surface area contributed by atoms with E-state index < -0.39 is 45.4 Å². The van der Waals surface area contributed by atoms with Crippen molar-refractivity contribution >= 4 is 33.0 Å². The molecule has 0 amide bonds. The van der Waals surface area contributed by atoms with Gasteiger partial charge in [0.2, 0.25) is 0 Å². The standard InChI is InChI=1S/C29H28Cl2F2N2O4S/c1-16(27-21(30)6-5-7-22(27)31)28-34-26(29(2,3)37)13-35(28)25-9-8-17(11-24(25)33)18-10-19(15-40(4,38)39)20(14-36)23(32)12-18/h5-13,16,36-37H,14-15H2,1-4H3. The minimum Gasteiger partial charge on any atom is -0.392 e. The third kappa shape index (κ3) is 6.24. The predicted molar refractivity (Wildman–Crippen MR) is 153 cm³/mol. The fraction of sp³-hybridized carbons (Fsp3) is 0.276. The van der Waals surface area contributed by atoms with Crippen molar-refractivity contribution in [1.29, 1.82) is 0 Å².